The molecule has 4 N–H and O–H groups in total. The van der Waals surface area contributed by atoms with E-state index in [1.54, 1.807) is 0 Å². The molecule has 47 heavy (non-hydrogen) atoms. The van der Waals surface area contributed by atoms with Crippen molar-refractivity contribution in [3.63, 3.8) is 0 Å². The molecule has 0 saturated carbocycles. The van der Waals surface area contributed by atoms with Crippen LogP contribution in [0.25, 0.3) is 0 Å². The fraction of sp³-hybridized carbons (Fsp3) is 0.641. The molecule has 0 aromatic heterocycles. The topological polar surface area (TPSA) is 92.5 Å². The minimum absolute atomic E-state index is 0.227. The van der Waals surface area contributed by atoms with Gasteiger partial charge in [-0.3, -0.25) is 4.31 Å². The predicted octanol–water partition coefficient (Wildman–Crippen LogP) is 10.8. The second-order valence-electron chi connectivity index (χ2n) is 17.4. The van der Waals surface area contributed by atoms with Crippen molar-refractivity contribution in [1.82, 2.24) is 4.31 Å². The zero-order valence-electron chi connectivity index (χ0n) is 31.5. The summed E-state index contributed by atoms with van der Waals surface area (Å²) in [7, 11) is 0. The molecule has 1 atom stereocenters. The van der Waals surface area contributed by atoms with E-state index >= 15 is 0 Å². The van der Waals surface area contributed by atoms with Crippen LogP contribution in [-0.2, 0) is 21.7 Å². The molecule has 0 spiro atoms. The molecule has 1 heterocycles. The van der Waals surface area contributed by atoms with Crippen LogP contribution in [0.5, 0.6) is 11.5 Å². The molecule has 0 saturated heterocycles. The van der Waals surface area contributed by atoms with E-state index in [1.807, 2.05) is 28.6 Å². The van der Waals surface area contributed by atoms with E-state index in [9.17, 15) is 10.2 Å². The number of rotatable bonds is 9. The van der Waals surface area contributed by atoms with E-state index in [1.165, 1.54) is 25.7 Å². The number of hydrogen-bond acceptors (Lipinski definition) is 8. The van der Waals surface area contributed by atoms with Crippen LogP contribution in [-0.4, -0.2) is 32.6 Å². The van der Waals surface area contributed by atoms with Crippen molar-refractivity contribution in [2.24, 2.45) is 9.98 Å². The Morgan fingerprint density at radius 3 is 1.43 bits per heavy atom. The monoisotopic (exact) mass is 665 g/mol. The van der Waals surface area contributed by atoms with Crippen LogP contribution in [0.1, 0.15) is 157 Å². The van der Waals surface area contributed by atoms with Crippen molar-refractivity contribution in [1.29, 1.82) is 0 Å². The van der Waals surface area contributed by atoms with Gasteiger partial charge in [0.2, 0.25) is 11.9 Å². The summed E-state index contributed by atoms with van der Waals surface area (Å²) >= 11 is 4.94. The molecule has 0 aliphatic carbocycles. The lowest BCUT2D eigenvalue weighted by Crippen LogP contribution is -2.42. The van der Waals surface area contributed by atoms with Gasteiger partial charge in [-0.1, -0.05) is 135 Å². The van der Waals surface area contributed by atoms with Crippen molar-refractivity contribution < 1.29 is 10.2 Å². The van der Waals surface area contributed by atoms with E-state index < -0.39 is 0 Å². The molecular weight excluding hydrogens is 603 g/mol. The third-order valence-corrected chi connectivity index (χ3v) is 9.22. The fourth-order valence-electron chi connectivity index (χ4n) is 5.92. The molecule has 0 bridgehead atoms. The highest BCUT2D eigenvalue weighted by molar-refractivity contribution is 7.78. The Hall–Kier alpha value is -2.87. The van der Waals surface area contributed by atoms with Crippen LogP contribution < -0.4 is 10.6 Å². The molecule has 3 rings (SSSR count). The second kappa shape index (κ2) is 14.7. The lowest BCUT2D eigenvalue weighted by atomic mass is 9.79. The van der Waals surface area contributed by atoms with E-state index in [0.717, 1.165) is 52.9 Å². The van der Waals surface area contributed by atoms with Crippen LogP contribution in [0.15, 0.2) is 34.3 Å². The number of nitrogens with one attached hydrogen (secondary N) is 2. The number of nitrogens with zero attached hydrogens (tertiary/aromatic N) is 3. The molecule has 0 radical (unpaired) electrons. The lowest BCUT2D eigenvalue weighted by molar-refractivity contribution is 0.422. The highest BCUT2D eigenvalue weighted by atomic mass is 32.1. The number of thiol groups is 1. The Bertz CT molecular complexity index is 1380. The van der Waals surface area contributed by atoms with Gasteiger partial charge < -0.3 is 20.8 Å². The molecule has 7 nitrogen and oxygen atoms in total. The van der Waals surface area contributed by atoms with Crippen molar-refractivity contribution in [2.45, 2.75) is 163 Å². The Balaban J connectivity index is 2.08. The lowest BCUT2D eigenvalue weighted by Gasteiger charge is -2.33. The number of phenols is 2. The van der Waals surface area contributed by atoms with Crippen molar-refractivity contribution in [3.05, 3.63) is 46.5 Å². The highest BCUT2D eigenvalue weighted by Gasteiger charge is 2.30. The standard InChI is InChI=1S/C39H63N5O2S/c1-14-15-16-17-18-19-20-31-42-34(40-25-21-27(36(2,3)4)32(45)28(22-25)37(5,6)7)43-35(44(31)47)41-26-23-29(38(8,9)10)33(46)30(24-26)39(11,12)13/h21-24,31,45-47H,14-20H2,1-13H3,(H2,40,41,42,43). The molecule has 2 aromatic rings. The van der Waals surface area contributed by atoms with Crippen LogP contribution in [0.3, 0.4) is 0 Å². The zero-order valence-corrected chi connectivity index (χ0v) is 32.4. The normalized spacial score (nSPS) is 16.2. The van der Waals surface area contributed by atoms with Crippen LogP contribution in [0, 0.1) is 0 Å². The first-order chi connectivity index (χ1) is 21.5. The van der Waals surface area contributed by atoms with Gasteiger partial charge in [-0.05, 0) is 58.8 Å². The van der Waals surface area contributed by atoms with Gasteiger partial charge in [0.05, 0.1) is 0 Å². The largest absolute Gasteiger partial charge is 0.507 e. The average Bonchev–Trinajstić information content (AvgIpc) is 2.92. The molecule has 1 aliphatic rings. The van der Waals surface area contributed by atoms with Gasteiger partial charge in [-0.2, -0.15) is 4.99 Å². The molecule has 262 valence electrons. The summed E-state index contributed by atoms with van der Waals surface area (Å²) in [6, 6.07) is 8.05. The maximum Gasteiger partial charge on any atom is 0.227 e. The number of guanidine groups is 2. The maximum absolute atomic E-state index is 11.3. The summed E-state index contributed by atoms with van der Waals surface area (Å²) < 4.78 is 1.83. The van der Waals surface area contributed by atoms with E-state index in [0.29, 0.717) is 23.4 Å². The van der Waals surface area contributed by atoms with Crippen LogP contribution in [0.4, 0.5) is 11.4 Å². The van der Waals surface area contributed by atoms with Gasteiger partial charge in [0, 0.05) is 33.6 Å². The quantitative estimate of drug-likeness (QED) is 0.104. The Kier molecular flexibility index (Phi) is 12.1. The summed E-state index contributed by atoms with van der Waals surface area (Å²) in [5, 5.41) is 29.7. The summed E-state index contributed by atoms with van der Waals surface area (Å²) in [6.07, 6.45) is 7.79. The third kappa shape index (κ3) is 10.1. The summed E-state index contributed by atoms with van der Waals surface area (Å²) in [4.78, 5) is 10.00. The minimum atomic E-state index is -0.264. The molecule has 0 fully saturated rings. The van der Waals surface area contributed by atoms with Crippen molar-refractivity contribution in [3.8, 4) is 11.5 Å². The number of aromatic hydroxyl groups is 2. The number of benzene rings is 2. The summed E-state index contributed by atoms with van der Waals surface area (Å²) in [5.41, 5.74) is 4.12. The zero-order chi connectivity index (χ0) is 35.5. The summed E-state index contributed by atoms with van der Waals surface area (Å²) in [5.74, 6) is 1.74. The summed E-state index contributed by atoms with van der Waals surface area (Å²) in [6.45, 7) is 27.6. The molecular formula is C39H63N5O2S. The van der Waals surface area contributed by atoms with Gasteiger partial charge in [-0.25, -0.2) is 4.99 Å². The Morgan fingerprint density at radius 2 is 1.02 bits per heavy atom. The number of anilines is 2. The highest BCUT2D eigenvalue weighted by Crippen LogP contribution is 2.43. The molecule has 0 amide bonds. The first-order valence-electron chi connectivity index (χ1n) is 17.5. The smallest absolute Gasteiger partial charge is 0.227 e. The van der Waals surface area contributed by atoms with Gasteiger partial charge in [0.15, 0.2) is 0 Å². The number of unbranched alkanes of at least 4 members (excludes halogenated alkanes) is 5. The molecule has 1 aliphatic heterocycles. The first-order valence-corrected chi connectivity index (χ1v) is 17.9. The maximum atomic E-state index is 11.3. The average molecular weight is 666 g/mol. The van der Waals surface area contributed by atoms with Crippen molar-refractivity contribution >= 4 is 36.1 Å². The van der Waals surface area contributed by atoms with Crippen LogP contribution >= 0.6 is 12.8 Å². The van der Waals surface area contributed by atoms with E-state index in [4.69, 9.17) is 22.8 Å². The van der Waals surface area contributed by atoms with Crippen molar-refractivity contribution in [2.75, 3.05) is 10.6 Å². The van der Waals surface area contributed by atoms with E-state index in [-0.39, 0.29) is 27.8 Å². The van der Waals surface area contributed by atoms with E-state index in [2.05, 4.69) is 101 Å². The number of phenolic OH excluding ortho intramolecular Hbond substituents is 2. The van der Waals surface area contributed by atoms with Gasteiger partial charge in [0.1, 0.15) is 17.7 Å². The molecule has 8 heteroatoms. The molecule has 1 unspecified atom stereocenters. The number of hydrogen-bond donors (Lipinski definition) is 5. The second-order valence-corrected chi connectivity index (χ2v) is 17.8. The van der Waals surface area contributed by atoms with Gasteiger partial charge in [0.25, 0.3) is 0 Å². The molecule has 2 aromatic carbocycles. The first kappa shape index (κ1) is 38.6. The fourth-order valence-corrected chi connectivity index (χ4v) is 6.18. The number of aliphatic imine (C=N–C) groups is 2. The predicted molar refractivity (Wildman–Crippen MR) is 206 cm³/mol. The minimum Gasteiger partial charge on any atom is -0.507 e. The third-order valence-electron chi connectivity index (χ3n) is 8.76. The Labute approximate surface area is 291 Å². The van der Waals surface area contributed by atoms with Gasteiger partial charge in [-0.15, -0.1) is 0 Å². The van der Waals surface area contributed by atoms with Crippen LogP contribution in [0.2, 0.25) is 0 Å². The van der Waals surface area contributed by atoms with Gasteiger partial charge >= 0.3 is 0 Å². The Morgan fingerprint density at radius 1 is 0.638 bits per heavy atom. The SMILES string of the molecule is CCCCCCCCC1N=C(Nc2cc(C(C)(C)C)c(O)c(C(C)(C)C)c2)N=C(Nc2cc(C(C)(C)C)c(O)c(C(C)(C)C)c2)N1S.